The summed E-state index contributed by atoms with van der Waals surface area (Å²) in [6.07, 6.45) is 0.228. The number of benzene rings is 2. The summed E-state index contributed by atoms with van der Waals surface area (Å²) in [4.78, 5) is 29.2. The Morgan fingerprint density at radius 3 is 2.56 bits per heavy atom. The Morgan fingerprint density at radius 1 is 1.11 bits per heavy atom. The molecule has 6 heteroatoms. The third-order valence-corrected chi connectivity index (χ3v) is 5.51. The SMILES string of the molecule is COC(=O)Cn1c(=NC(=O)Cc2cccc(C)c2)sc2cc(C)c(C)cc21. The first-order valence-corrected chi connectivity index (χ1v) is 9.49. The molecule has 2 aromatic carbocycles. The number of carbonyl (C=O) groups excluding carboxylic acids is 2. The largest absolute Gasteiger partial charge is 0.468 e. The normalized spacial score (nSPS) is 11.8. The van der Waals surface area contributed by atoms with E-state index in [1.54, 1.807) is 4.57 Å². The standard InChI is InChI=1S/C21H22N2O3S/c1-13-6-5-7-16(8-13)11-19(24)22-21-23(12-20(25)26-4)17-9-14(2)15(3)10-18(17)27-21/h5-10H,11-12H2,1-4H3. The van der Waals surface area contributed by atoms with Crippen molar-refractivity contribution < 1.29 is 14.3 Å². The van der Waals surface area contributed by atoms with Gasteiger partial charge in [-0.15, -0.1) is 0 Å². The number of thiazole rings is 1. The lowest BCUT2D eigenvalue weighted by molar-refractivity contribution is -0.141. The lowest BCUT2D eigenvalue weighted by Crippen LogP contribution is -2.22. The fourth-order valence-electron chi connectivity index (χ4n) is 2.90. The molecule has 0 aliphatic carbocycles. The molecule has 1 aromatic heterocycles. The molecule has 0 aliphatic rings. The number of fused-ring (bicyclic) bond motifs is 1. The molecule has 0 radical (unpaired) electrons. The van der Waals surface area contributed by atoms with Crippen LogP contribution in [0, 0.1) is 20.8 Å². The highest BCUT2D eigenvalue weighted by molar-refractivity contribution is 7.16. The predicted molar refractivity (Wildman–Crippen MR) is 107 cm³/mol. The van der Waals surface area contributed by atoms with Crippen LogP contribution in [0.15, 0.2) is 41.4 Å². The van der Waals surface area contributed by atoms with E-state index < -0.39 is 0 Å². The van der Waals surface area contributed by atoms with Gasteiger partial charge >= 0.3 is 5.97 Å². The lowest BCUT2D eigenvalue weighted by Gasteiger charge is -2.05. The van der Waals surface area contributed by atoms with Crippen molar-refractivity contribution in [3.8, 4) is 0 Å². The Labute approximate surface area is 161 Å². The van der Waals surface area contributed by atoms with E-state index in [0.29, 0.717) is 4.80 Å². The predicted octanol–water partition coefficient (Wildman–Crippen LogP) is 3.47. The second-order valence-corrected chi connectivity index (χ2v) is 7.63. The van der Waals surface area contributed by atoms with Crippen LogP contribution in [-0.4, -0.2) is 23.6 Å². The molecular formula is C21H22N2O3S. The van der Waals surface area contributed by atoms with Crippen LogP contribution in [0.2, 0.25) is 0 Å². The highest BCUT2D eigenvalue weighted by Crippen LogP contribution is 2.22. The zero-order valence-corrected chi connectivity index (χ0v) is 16.7. The fraction of sp³-hybridized carbons (Fsp3) is 0.286. The van der Waals surface area contributed by atoms with Crippen molar-refractivity contribution in [3.63, 3.8) is 0 Å². The highest BCUT2D eigenvalue weighted by atomic mass is 32.1. The molecule has 0 aliphatic heterocycles. The van der Waals surface area contributed by atoms with Crippen LogP contribution in [0.4, 0.5) is 0 Å². The zero-order chi connectivity index (χ0) is 19.6. The van der Waals surface area contributed by atoms with Gasteiger partial charge in [0.1, 0.15) is 6.54 Å². The molecular weight excluding hydrogens is 360 g/mol. The van der Waals surface area contributed by atoms with Crippen molar-refractivity contribution in [1.82, 2.24) is 4.57 Å². The van der Waals surface area contributed by atoms with Gasteiger partial charge in [-0.3, -0.25) is 9.59 Å². The monoisotopic (exact) mass is 382 g/mol. The van der Waals surface area contributed by atoms with Crippen LogP contribution in [0.1, 0.15) is 22.3 Å². The molecule has 0 unspecified atom stereocenters. The maximum Gasteiger partial charge on any atom is 0.325 e. The highest BCUT2D eigenvalue weighted by Gasteiger charge is 2.13. The quantitative estimate of drug-likeness (QED) is 0.649. The molecule has 0 saturated heterocycles. The summed E-state index contributed by atoms with van der Waals surface area (Å²) in [6, 6.07) is 11.9. The molecule has 1 heterocycles. The molecule has 0 saturated carbocycles. The van der Waals surface area contributed by atoms with Gasteiger partial charge in [-0.05, 0) is 49.6 Å². The number of rotatable bonds is 4. The van der Waals surface area contributed by atoms with Gasteiger partial charge in [0, 0.05) is 0 Å². The number of nitrogens with zero attached hydrogens (tertiary/aromatic N) is 2. The maximum absolute atomic E-state index is 12.5. The number of hydrogen-bond donors (Lipinski definition) is 0. The minimum Gasteiger partial charge on any atom is -0.468 e. The summed E-state index contributed by atoms with van der Waals surface area (Å²) in [6.45, 7) is 6.08. The Kier molecular flexibility index (Phi) is 5.56. The van der Waals surface area contributed by atoms with Crippen LogP contribution in [0.25, 0.3) is 10.2 Å². The van der Waals surface area contributed by atoms with Gasteiger partial charge in [-0.2, -0.15) is 4.99 Å². The van der Waals surface area contributed by atoms with Crippen LogP contribution in [0.5, 0.6) is 0 Å². The number of hydrogen-bond acceptors (Lipinski definition) is 4. The second-order valence-electron chi connectivity index (χ2n) is 6.62. The third kappa shape index (κ3) is 4.34. The number of methoxy groups -OCH3 is 1. The molecule has 0 bridgehead atoms. The van der Waals surface area contributed by atoms with Crippen molar-refractivity contribution in [2.75, 3.05) is 7.11 Å². The minimum atomic E-state index is -0.375. The summed E-state index contributed by atoms with van der Waals surface area (Å²) in [5.41, 5.74) is 5.20. The summed E-state index contributed by atoms with van der Waals surface area (Å²) >= 11 is 1.41. The number of amides is 1. The molecule has 140 valence electrons. The van der Waals surface area contributed by atoms with E-state index >= 15 is 0 Å². The number of aryl methyl sites for hydroxylation is 3. The van der Waals surface area contributed by atoms with E-state index in [4.69, 9.17) is 4.74 Å². The fourth-order valence-corrected chi connectivity index (χ4v) is 4.02. The minimum absolute atomic E-state index is 0.0234. The average molecular weight is 382 g/mol. The average Bonchev–Trinajstić information content (AvgIpc) is 2.91. The first-order chi connectivity index (χ1) is 12.9. The molecule has 5 nitrogen and oxygen atoms in total. The molecule has 0 atom stereocenters. The van der Waals surface area contributed by atoms with Gasteiger partial charge in [0.25, 0.3) is 5.91 Å². The molecule has 0 spiro atoms. The molecule has 27 heavy (non-hydrogen) atoms. The zero-order valence-electron chi connectivity index (χ0n) is 15.9. The topological polar surface area (TPSA) is 60.7 Å². The third-order valence-electron chi connectivity index (χ3n) is 4.47. The maximum atomic E-state index is 12.5. The van der Waals surface area contributed by atoms with Crippen molar-refractivity contribution in [1.29, 1.82) is 0 Å². The first kappa shape index (κ1) is 19.0. The first-order valence-electron chi connectivity index (χ1n) is 8.68. The van der Waals surface area contributed by atoms with Gasteiger partial charge in [-0.1, -0.05) is 41.2 Å². The molecule has 3 aromatic rings. The second kappa shape index (κ2) is 7.88. The van der Waals surface area contributed by atoms with Gasteiger partial charge in [0.2, 0.25) is 0 Å². The van der Waals surface area contributed by atoms with E-state index in [-0.39, 0.29) is 24.8 Å². The van der Waals surface area contributed by atoms with Gasteiger partial charge < -0.3 is 9.30 Å². The van der Waals surface area contributed by atoms with Gasteiger partial charge in [0.05, 0.1) is 23.7 Å². The summed E-state index contributed by atoms with van der Waals surface area (Å²) in [7, 11) is 1.35. The Balaban J connectivity index is 2.05. The van der Waals surface area contributed by atoms with Crippen molar-refractivity contribution in [3.05, 3.63) is 63.5 Å². The van der Waals surface area contributed by atoms with E-state index in [2.05, 4.69) is 11.1 Å². The summed E-state index contributed by atoms with van der Waals surface area (Å²) in [5, 5.41) is 0. The molecule has 3 rings (SSSR count). The van der Waals surface area contributed by atoms with Gasteiger partial charge in [-0.25, -0.2) is 0 Å². The van der Waals surface area contributed by atoms with Crippen molar-refractivity contribution in [2.24, 2.45) is 4.99 Å². The number of carbonyl (C=O) groups is 2. The van der Waals surface area contributed by atoms with E-state index in [9.17, 15) is 9.59 Å². The van der Waals surface area contributed by atoms with Crippen molar-refractivity contribution >= 4 is 33.4 Å². The number of ether oxygens (including phenoxy) is 1. The van der Waals surface area contributed by atoms with Crippen LogP contribution >= 0.6 is 11.3 Å². The summed E-state index contributed by atoms with van der Waals surface area (Å²) in [5.74, 6) is -0.611. The van der Waals surface area contributed by atoms with E-state index in [1.807, 2.05) is 51.1 Å². The molecule has 1 amide bonds. The van der Waals surface area contributed by atoms with E-state index in [1.165, 1.54) is 18.4 Å². The Morgan fingerprint density at radius 2 is 1.85 bits per heavy atom. The van der Waals surface area contributed by atoms with Crippen LogP contribution < -0.4 is 4.80 Å². The van der Waals surface area contributed by atoms with E-state index in [0.717, 1.165) is 32.5 Å². The number of esters is 1. The van der Waals surface area contributed by atoms with Gasteiger partial charge in [0.15, 0.2) is 4.80 Å². The molecule has 0 fully saturated rings. The van der Waals surface area contributed by atoms with Crippen LogP contribution in [0.3, 0.4) is 0 Å². The Hall–Kier alpha value is -2.73. The smallest absolute Gasteiger partial charge is 0.325 e. The Bertz CT molecular complexity index is 1090. The summed E-state index contributed by atoms with van der Waals surface area (Å²) < 4.78 is 7.56. The van der Waals surface area contributed by atoms with Crippen LogP contribution in [-0.2, 0) is 27.3 Å². The van der Waals surface area contributed by atoms with Crippen molar-refractivity contribution in [2.45, 2.75) is 33.7 Å². The molecule has 0 N–H and O–H groups in total. The lowest BCUT2D eigenvalue weighted by atomic mass is 10.1. The number of aromatic nitrogens is 1.